The molecule has 1 heterocycles. The van der Waals surface area contributed by atoms with Gasteiger partial charge in [0.05, 0.1) is 11.7 Å². The normalized spacial score (nSPS) is 27.2. The summed E-state index contributed by atoms with van der Waals surface area (Å²) in [7, 11) is 0. The van der Waals surface area contributed by atoms with E-state index >= 15 is 0 Å². The summed E-state index contributed by atoms with van der Waals surface area (Å²) in [6.45, 7) is 5.76. The number of alkyl halides is 1. The molecule has 0 aromatic carbocycles. The molecule has 0 aromatic rings. The summed E-state index contributed by atoms with van der Waals surface area (Å²) in [5.74, 6) is 0. The maximum absolute atomic E-state index is 6.45. The van der Waals surface area contributed by atoms with Gasteiger partial charge in [-0.1, -0.05) is 42.1 Å². The molecule has 2 fully saturated rings. The Morgan fingerprint density at radius 2 is 2.00 bits per heavy atom. The summed E-state index contributed by atoms with van der Waals surface area (Å²) in [5.41, 5.74) is 0.289. The van der Waals surface area contributed by atoms with Crippen LogP contribution in [-0.2, 0) is 4.74 Å². The highest BCUT2D eigenvalue weighted by Crippen LogP contribution is 2.41. The molecule has 18 heavy (non-hydrogen) atoms. The Kier molecular flexibility index (Phi) is 5.96. The molecule has 0 N–H and O–H groups in total. The molecule has 2 rings (SSSR count). The summed E-state index contributed by atoms with van der Waals surface area (Å²) in [6.07, 6.45) is 11.2. The van der Waals surface area contributed by atoms with E-state index < -0.39 is 0 Å². The third-order valence-electron chi connectivity index (χ3n) is 4.62. The van der Waals surface area contributed by atoms with Gasteiger partial charge in [0.25, 0.3) is 0 Å². The maximum atomic E-state index is 6.45. The standard InChI is InChI=1S/C15H28BrNO/c1-2-17(12-6-11-16)13-14-7-10-15(18-14)8-4-3-5-9-15/h14H,2-13H2,1H3. The lowest BCUT2D eigenvalue weighted by Gasteiger charge is -2.34. The average Bonchev–Trinajstić information content (AvgIpc) is 2.78. The molecule has 1 aliphatic heterocycles. The Hall–Kier alpha value is 0.400. The topological polar surface area (TPSA) is 12.5 Å². The minimum absolute atomic E-state index is 0.289. The van der Waals surface area contributed by atoms with Crippen LogP contribution in [0.2, 0.25) is 0 Å². The van der Waals surface area contributed by atoms with E-state index in [1.165, 1.54) is 57.9 Å². The van der Waals surface area contributed by atoms with Crippen molar-refractivity contribution in [3.8, 4) is 0 Å². The van der Waals surface area contributed by atoms with Crippen molar-refractivity contribution in [1.29, 1.82) is 0 Å². The number of ether oxygens (including phenoxy) is 1. The molecule has 1 saturated carbocycles. The van der Waals surface area contributed by atoms with Gasteiger partial charge >= 0.3 is 0 Å². The van der Waals surface area contributed by atoms with Crippen molar-refractivity contribution in [2.24, 2.45) is 0 Å². The fourth-order valence-corrected chi connectivity index (χ4v) is 3.79. The number of rotatable bonds is 6. The highest BCUT2D eigenvalue weighted by atomic mass is 79.9. The van der Waals surface area contributed by atoms with Gasteiger partial charge < -0.3 is 9.64 Å². The molecule has 1 saturated heterocycles. The van der Waals surface area contributed by atoms with Crippen molar-refractivity contribution in [2.75, 3.05) is 25.0 Å². The van der Waals surface area contributed by atoms with Crippen LogP contribution < -0.4 is 0 Å². The van der Waals surface area contributed by atoms with Crippen molar-refractivity contribution in [1.82, 2.24) is 4.90 Å². The minimum Gasteiger partial charge on any atom is -0.370 e. The van der Waals surface area contributed by atoms with E-state index in [2.05, 4.69) is 27.8 Å². The van der Waals surface area contributed by atoms with E-state index in [0.29, 0.717) is 6.10 Å². The van der Waals surface area contributed by atoms with Crippen LogP contribution in [0.15, 0.2) is 0 Å². The van der Waals surface area contributed by atoms with Crippen LogP contribution >= 0.6 is 15.9 Å². The number of hydrogen-bond acceptors (Lipinski definition) is 2. The molecular weight excluding hydrogens is 290 g/mol. The molecular formula is C15H28BrNO. The zero-order chi connectivity index (χ0) is 12.8. The Morgan fingerprint density at radius 3 is 2.67 bits per heavy atom. The molecule has 2 aliphatic rings. The first kappa shape index (κ1) is 14.8. The lowest BCUT2D eigenvalue weighted by atomic mass is 9.83. The maximum Gasteiger partial charge on any atom is 0.0710 e. The van der Waals surface area contributed by atoms with Crippen molar-refractivity contribution < 1.29 is 4.74 Å². The first-order valence-corrected chi connectivity index (χ1v) is 8.86. The summed E-state index contributed by atoms with van der Waals surface area (Å²) >= 11 is 3.52. The molecule has 1 aliphatic carbocycles. The van der Waals surface area contributed by atoms with Gasteiger partial charge in [0.15, 0.2) is 0 Å². The fourth-order valence-electron chi connectivity index (χ4n) is 3.54. The Morgan fingerprint density at radius 1 is 1.22 bits per heavy atom. The number of hydrogen-bond donors (Lipinski definition) is 0. The largest absolute Gasteiger partial charge is 0.370 e. The van der Waals surface area contributed by atoms with Crippen LogP contribution in [0.25, 0.3) is 0 Å². The second-order valence-electron chi connectivity index (χ2n) is 5.96. The fraction of sp³-hybridized carbons (Fsp3) is 1.00. The van der Waals surface area contributed by atoms with Gasteiger partial charge in [-0.2, -0.15) is 0 Å². The highest BCUT2D eigenvalue weighted by molar-refractivity contribution is 9.09. The second kappa shape index (κ2) is 7.25. The molecule has 0 bridgehead atoms. The zero-order valence-corrected chi connectivity index (χ0v) is 13.4. The highest BCUT2D eigenvalue weighted by Gasteiger charge is 2.40. The van der Waals surface area contributed by atoms with E-state index in [9.17, 15) is 0 Å². The molecule has 2 nitrogen and oxygen atoms in total. The summed E-state index contributed by atoms with van der Waals surface area (Å²) in [4.78, 5) is 2.55. The lowest BCUT2D eigenvalue weighted by Crippen LogP contribution is -2.37. The molecule has 0 radical (unpaired) electrons. The monoisotopic (exact) mass is 317 g/mol. The molecule has 106 valence electrons. The van der Waals surface area contributed by atoms with Crippen LogP contribution in [0.1, 0.15) is 58.3 Å². The predicted octanol–water partition coefficient (Wildman–Crippen LogP) is 3.98. The predicted molar refractivity (Wildman–Crippen MR) is 80.4 cm³/mol. The third-order valence-corrected chi connectivity index (χ3v) is 5.18. The van der Waals surface area contributed by atoms with E-state index in [-0.39, 0.29) is 5.60 Å². The zero-order valence-electron chi connectivity index (χ0n) is 11.8. The molecule has 1 unspecified atom stereocenters. The van der Waals surface area contributed by atoms with Gasteiger partial charge in [0.1, 0.15) is 0 Å². The van der Waals surface area contributed by atoms with E-state index in [4.69, 9.17) is 4.74 Å². The van der Waals surface area contributed by atoms with E-state index in [1.54, 1.807) is 0 Å². The van der Waals surface area contributed by atoms with Gasteiger partial charge in [-0.25, -0.2) is 0 Å². The lowest BCUT2D eigenvalue weighted by molar-refractivity contribution is -0.0714. The Bertz CT molecular complexity index is 241. The quantitative estimate of drug-likeness (QED) is 0.687. The van der Waals surface area contributed by atoms with Gasteiger partial charge in [-0.3, -0.25) is 0 Å². The van der Waals surface area contributed by atoms with Crippen LogP contribution in [0.5, 0.6) is 0 Å². The van der Waals surface area contributed by atoms with Crippen molar-refractivity contribution >= 4 is 15.9 Å². The summed E-state index contributed by atoms with van der Waals surface area (Å²) in [5, 5.41) is 1.11. The molecule has 3 heteroatoms. The van der Waals surface area contributed by atoms with Crippen LogP contribution in [-0.4, -0.2) is 41.6 Å². The molecule has 0 aromatic heterocycles. The smallest absolute Gasteiger partial charge is 0.0710 e. The van der Waals surface area contributed by atoms with Crippen molar-refractivity contribution in [3.63, 3.8) is 0 Å². The number of nitrogens with zero attached hydrogens (tertiary/aromatic N) is 1. The van der Waals surface area contributed by atoms with E-state index in [1.807, 2.05) is 0 Å². The van der Waals surface area contributed by atoms with Crippen LogP contribution in [0.4, 0.5) is 0 Å². The first-order valence-electron chi connectivity index (χ1n) is 7.74. The number of likely N-dealkylation sites (N-methyl/N-ethyl adjacent to an activating group) is 1. The van der Waals surface area contributed by atoms with Gasteiger partial charge in [0, 0.05) is 11.9 Å². The molecule has 1 atom stereocenters. The van der Waals surface area contributed by atoms with Gasteiger partial charge in [0.2, 0.25) is 0 Å². The second-order valence-corrected chi connectivity index (χ2v) is 6.75. The van der Waals surface area contributed by atoms with Gasteiger partial charge in [-0.15, -0.1) is 0 Å². The summed E-state index contributed by atoms with van der Waals surface area (Å²) < 4.78 is 6.45. The van der Waals surface area contributed by atoms with Crippen LogP contribution in [0, 0.1) is 0 Å². The first-order chi connectivity index (χ1) is 8.78. The SMILES string of the molecule is CCN(CCCBr)CC1CCC2(CCCCC2)O1. The number of halogens is 1. The molecule has 0 amide bonds. The Labute approximate surface area is 121 Å². The van der Waals surface area contributed by atoms with Crippen molar-refractivity contribution in [2.45, 2.75) is 70.0 Å². The molecule has 1 spiro atoms. The van der Waals surface area contributed by atoms with Gasteiger partial charge in [-0.05, 0) is 45.2 Å². The summed E-state index contributed by atoms with van der Waals surface area (Å²) in [6, 6.07) is 0. The minimum atomic E-state index is 0.289. The third kappa shape index (κ3) is 3.94. The van der Waals surface area contributed by atoms with Crippen molar-refractivity contribution in [3.05, 3.63) is 0 Å². The Balaban J connectivity index is 1.77. The van der Waals surface area contributed by atoms with E-state index in [0.717, 1.165) is 18.4 Å². The van der Waals surface area contributed by atoms with Crippen LogP contribution in [0.3, 0.4) is 0 Å². The average molecular weight is 318 g/mol.